The number of amides is 2. The molecular weight excluding hydrogens is 288 g/mol. The summed E-state index contributed by atoms with van der Waals surface area (Å²) >= 11 is 0. The summed E-state index contributed by atoms with van der Waals surface area (Å²) in [5.41, 5.74) is 0.871. The minimum absolute atomic E-state index is 0.261. The van der Waals surface area contributed by atoms with E-state index in [1.165, 1.54) is 21.1 Å². The average Bonchev–Trinajstić information content (AvgIpc) is 2.47. The van der Waals surface area contributed by atoms with Crippen LogP contribution in [0, 0.1) is 5.92 Å². The highest BCUT2D eigenvalue weighted by Crippen LogP contribution is 2.28. The highest BCUT2D eigenvalue weighted by atomic mass is 16.5. The Morgan fingerprint density at radius 2 is 1.86 bits per heavy atom. The predicted molar refractivity (Wildman–Crippen MR) is 81.7 cm³/mol. The number of anilines is 2. The molecule has 0 aliphatic carbocycles. The van der Waals surface area contributed by atoms with Gasteiger partial charge in [0.25, 0.3) is 0 Å². The van der Waals surface area contributed by atoms with Crippen LogP contribution in [0.1, 0.15) is 20.3 Å². The number of hydrogen-bond acceptors (Lipinski definition) is 5. The van der Waals surface area contributed by atoms with Gasteiger partial charge in [-0.2, -0.15) is 0 Å². The fourth-order valence-electron chi connectivity index (χ4n) is 1.90. The Balaban J connectivity index is 2.95. The van der Waals surface area contributed by atoms with Crippen molar-refractivity contribution in [2.75, 3.05) is 24.9 Å². The Bertz CT molecular complexity index is 571. The largest absolute Gasteiger partial charge is 0.495 e. The molecule has 1 atom stereocenters. The predicted octanol–water partition coefficient (Wildman–Crippen LogP) is 1.79. The van der Waals surface area contributed by atoms with Gasteiger partial charge >= 0.3 is 5.97 Å². The molecule has 120 valence electrons. The maximum Gasteiger partial charge on any atom is 0.318 e. The van der Waals surface area contributed by atoms with Gasteiger partial charge in [0, 0.05) is 12.6 Å². The lowest BCUT2D eigenvalue weighted by Gasteiger charge is -2.15. The maximum absolute atomic E-state index is 12.1. The first-order valence-electron chi connectivity index (χ1n) is 6.77. The van der Waals surface area contributed by atoms with E-state index in [-0.39, 0.29) is 5.91 Å². The number of carbonyl (C=O) groups excluding carboxylic acids is 3. The zero-order chi connectivity index (χ0) is 16.7. The number of hydrogen-bond donors (Lipinski definition) is 2. The molecule has 0 aliphatic rings. The van der Waals surface area contributed by atoms with Gasteiger partial charge in [0.05, 0.1) is 19.9 Å². The SMILES string of the molecule is CCC(C(=O)Nc1ccc(OC)c(NC(C)=O)c1)C(=O)OC. The summed E-state index contributed by atoms with van der Waals surface area (Å²) in [6.45, 7) is 3.09. The van der Waals surface area contributed by atoms with Crippen LogP contribution in [0.4, 0.5) is 11.4 Å². The summed E-state index contributed by atoms with van der Waals surface area (Å²) in [4.78, 5) is 34.8. The van der Waals surface area contributed by atoms with E-state index in [4.69, 9.17) is 4.74 Å². The van der Waals surface area contributed by atoms with Gasteiger partial charge in [-0.15, -0.1) is 0 Å². The normalized spacial score (nSPS) is 11.3. The van der Waals surface area contributed by atoms with Crippen LogP contribution in [0.25, 0.3) is 0 Å². The Morgan fingerprint density at radius 3 is 2.36 bits per heavy atom. The number of ether oxygens (including phenoxy) is 2. The molecule has 1 aromatic rings. The first-order valence-corrected chi connectivity index (χ1v) is 6.77. The second-order valence-electron chi connectivity index (χ2n) is 4.57. The molecule has 0 spiro atoms. The summed E-state index contributed by atoms with van der Waals surface area (Å²) in [5, 5.41) is 5.23. The summed E-state index contributed by atoms with van der Waals surface area (Å²) < 4.78 is 9.73. The average molecular weight is 308 g/mol. The van der Waals surface area contributed by atoms with Crippen LogP contribution >= 0.6 is 0 Å². The molecule has 2 N–H and O–H groups in total. The Kier molecular flexibility index (Phi) is 6.37. The molecular formula is C15H20N2O5. The number of nitrogens with one attached hydrogen (secondary N) is 2. The number of methoxy groups -OCH3 is 2. The summed E-state index contributed by atoms with van der Waals surface area (Å²) in [6.07, 6.45) is 0.327. The molecule has 0 aromatic heterocycles. The standard InChI is InChI=1S/C15H20N2O5/c1-5-11(15(20)22-4)14(19)17-10-6-7-13(21-3)12(8-10)16-9(2)18/h6-8,11H,5H2,1-4H3,(H,16,18)(H,17,19). The van der Waals surface area contributed by atoms with Gasteiger partial charge in [0.2, 0.25) is 11.8 Å². The third kappa shape index (κ3) is 4.47. The van der Waals surface area contributed by atoms with Crippen LogP contribution in [-0.2, 0) is 19.1 Å². The van der Waals surface area contributed by atoms with Gasteiger partial charge in [-0.05, 0) is 24.6 Å². The number of benzene rings is 1. The van der Waals surface area contributed by atoms with Crippen LogP contribution in [0.3, 0.4) is 0 Å². The summed E-state index contributed by atoms with van der Waals surface area (Å²) in [5.74, 6) is -1.73. The van der Waals surface area contributed by atoms with Gasteiger partial charge in [0.1, 0.15) is 11.7 Å². The highest BCUT2D eigenvalue weighted by molar-refractivity contribution is 6.05. The number of carbonyl (C=O) groups is 3. The van der Waals surface area contributed by atoms with Crippen molar-refractivity contribution in [3.8, 4) is 5.75 Å². The van der Waals surface area contributed by atoms with E-state index in [9.17, 15) is 14.4 Å². The van der Waals surface area contributed by atoms with Gasteiger partial charge in [-0.25, -0.2) is 0 Å². The lowest BCUT2D eigenvalue weighted by atomic mass is 10.1. The molecule has 2 amide bonds. The van der Waals surface area contributed by atoms with Crippen molar-refractivity contribution in [3.63, 3.8) is 0 Å². The summed E-state index contributed by atoms with van der Waals surface area (Å²) in [6, 6.07) is 4.79. The number of esters is 1. The lowest BCUT2D eigenvalue weighted by Crippen LogP contribution is -2.30. The zero-order valence-electron chi connectivity index (χ0n) is 13.1. The monoisotopic (exact) mass is 308 g/mol. The van der Waals surface area contributed by atoms with Crippen molar-refractivity contribution in [2.45, 2.75) is 20.3 Å². The fraction of sp³-hybridized carbons (Fsp3) is 0.400. The minimum atomic E-state index is -0.878. The van der Waals surface area contributed by atoms with Crippen LogP contribution in [0.5, 0.6) is 5.75 Å². The first kappa shape index (κ1) is 17.5. The third-order valence-electron chi connectivity index (χ3n) is 2.99. The Hall–Kier alpha value is -2.57. The van der Waals surface area contributed by atoms with Crippen LogP contribution < -0.4 is 15.4 Å². The van der Waals surface area contributed by atoms with Crippen LogP contribution in [0.15, 0.2) is 18.2 Å². The summed E-state index contributed by atoms with van der Waals surface area (Å²) in [7, 11) is 2.71. The van der Waals surface area contributed by atoms with Gasteiger partial charge in [0.15, 0.2) is 0 Å². The van der Waals surface area contributed by atoms with Crippen LogP contribution in [0.2, 0.25) is 0 Å². The molecule has 0 saturated carbocycles. The minimum Gasteiger partial charge on any atom is -0.495 e. The van der Waals surface area contributed by atoms with Crippen molar-refractivity contribution >= 4 is 29.2 Å². The maximum atomic E-state index is 12.1. The Morgan fingerprint density at radius 1 is 1.18 bits per heavy atom. The van der Waals surface area contributed by atoms with Crippen molar-refractivity contribution in [2.24, 2.45) is 5.92 Å². The van der Waals surface area contributed by atoms with E-state index >= 15 is 0 Å². The van der Waals surface area contributed by atoms with E-state index in [0.29, 0.717) is 23.5 Å². The molecule has 7 nitrogen and oxygen atoms in total. The van der Waals surface area contributed by atoms with Crippen molar-refractivity contribution < 1.29 is 23.9 Å². The smallest absolute Gasteiger partial charge is 0.318 e. The van der Waals surface area contributed by atoms with E-state index in [0.717, 1.165) is 0 Å². The molecule has 0 aliphatic heterocycles. The van der Waals surface area contributed by atoms with Crippen LogP contribution in [-0.4, -0.2) is 32.0 Å². The zero-order valence-corrected chi connectivity index (χ0v) is 13.1. The molecule has 22 heavy (non-hydrogen) atoms. The molecule has 0 fully saturated rings. The second-order valence-corrected chi connectivity index (χ2v) is 4.57. The third-order valence-corrected chi connectivity index (χ3v) is 2.99. The first-order chi connectivity index (χ1) is 10.4. The molecule has 1 unspecified atom stereocenters. The lowest BCUT2D eigenvalue weighted by molar-refractivity contribution is -0.148. The molecule has 1 aromatic carbocycles. The topological polar surface area (TPSA) is 93.7 Å². The molecule has 0 saturated heterocycles. The molecule has 0 heterocycles. The fourth-order valence-corrected chi connectivity index (χ4v) is 1.90. The van der Waals surface area contributed by atoms with Gasteiger partial charge < -0.3 is 20.1 Å². The van der Waals surface area contributed by atoms with Gasteiger partial charge in [-0.1, -0.05) is 6.92 Å². The number of rotatable bonds is 6. The highest BCUT2D eigenvalue weighted by Gasteiger charge is 2.25. The van der Waals surface area contributed by atoms with E-state index < -0.39 is 17.8 Å². The second kappa shape index (κ2) is 8.02. The van der Waals surface area contributed by atoms with Gasteiger partial charge in [-0.3, -0.25) is 14.4 Å². The van der Waals surface area contributed by atoms with Crippen molar-refractivity contribution in [1.29, 1.82) is 0 Å². The van der Waals surface area contributed by atoms with Crippen molar-refractivity contribution in [3.05, 3.63) is 18.2 Å². The molecule has 0 bridgehead atoms. The quantitative estimate of drug-likeness (QED) is 0.617. The van der Waals surface area contributed by atoms with E-state index in [1.807, 2.05) is 0 Å². The van der Waals surface area contributed by atoms with E-state index in [1.54, 1.807) is 25.1 Å². The molecule has 1 rings (SSSR count). The van der Waals surface area contributed by atoms with E-state index in [2.05, 4.69) is 15.4 Å². The molecule has 0 radical (unpaired) electrons. The Labute approximate surface area is 129 Å². The molecule has 7 heteroatoms. The van der Waals surface area contributed by atoms with Crippen molar-refractivity contribution in [1.82, 2.24) is 0 Å².